The molecule has 1 aromatic carbocycles. The van der Waals surface area contributed by atoms with Gasteiger partial charge in [0.25, 0.3) is 0 Å². The molecule has 1 aliphatic rings. The van der Waals surface area contributed by atoms with E-state index < -0.39 is 15.6 Å². The molecule has 0 atom stereocenters. The van der Waals surface area contributed by atoms with E-state index in [1.165, 1.54) is 11.8 Å². The first kappa shape index (κ1) is 13.3. The summed E-state index contributed by atoms with van der Waals surface area (Å²) in [6.07, 6.45) is 2.79. The van der Waals surface area contributed by atoms with Crippen molar-refractivity contribution in [1.29, 1.82) is 0 Å². The highest BCUT2D eigenvalue weighted by atomic mass is 32.2. The highest BCUT2D eigenvalue weighted by Crippen LogP contribution is 2.45. The molecule has 0 bridgehead atoms. The van der Waals surface area contributed by atoms with E-state index in [4.69, 9.17) is 0 Å². The van der Waals surface area contributed by atoms with Gasteiger partial charge in [0.2, 0.25) is 10.0 Å². The Hall–Kier alpha value is -1.66. The minimum Gasteiger partial charge on any atom is -0.280 e. The van der Waals surface area contributed by atoms with Crippen molar-refractivity contribution in [3.63, 3.8) is 0 Å². The lowest BCUT2D eigenvalue weighted by Gasteiger charge is -2.13. The van der Waals surface area contributed by atoms with E-state index >= 15 is 0 Å². The topological polar surface area (TPSA) is 74.8 Å². The normalized spacial score (nSPS) is 17.1. The van der Waals surface area contributed by atoms with Crippen LogP contribution in [0.1, 0.15) is 24.1 Å². The largest absolute Gasteiger partial charge is 0.280 e. The fraction of sp³-hybridized carbons (Fsp3) is 0.357. The second-order valence-corrected chi connectivity index (χ2v) is 7.24. The third kappa shape index (κ3) is 2.62. The molecule has 1 fully saturated rings. The van der Waals surface area contributed by atoms with Crippen molar-refractivity contribution >= 4 is 10.0 Å². The standard InChI is InChI=1S/C14H17N3O2S/c1-10-3-5-11(6-4-10)12-9-13(16-15-12)14(7-8-14)17-20(2,18)19/h3-6,9,17H,7-8H2,1-2H3,(H,15,16). The summed E-state index contributed by atoms with van der Waals surface area (Å²) in [5, 5.41) is 7.26. The van der Waals surface area contributed by atoms with Crippen LogP contribution in [0.3, 0.4) is 0 Å². The summed E-state index contributed by atoms with van der Waals surface area (Å²) in [6.45, 7) is 2.04. The summed E-state index contributed by atoms with van der Waals surface area (Å²) >= 11 is 0. The maximum absolute atomic E-state index is 11.4. The highest BCUT2D eigenvalue weighted by Gasteiger charge is 2.48. The lowest BCUT2D eigenvalue weighted by Crippen LogP contribution is -2.34. The molecule has 0 unspecified atom stereocenters. The summed E-state index contributed by atoms with van der Waals surface area (Å²) in [5.74, 6) is 0. The lowest BCUT2D eigenvalue weighted by molar-refractivity contribution is 0.551. The van der Waals surface area contributed by atoms with Gasteiger partial charge in [0.15, 0.2) is 0 Å². The van der Waals surface area contributed by atoms with Gasteiger partial charge in [-0.25, -0.2) is 13.1 Å². The third-order valence-electron chi connectivity index (χ3n) is 3.57. The first-order valence-corrected chi connectivity index (χ1v) is 8.39. The van der Waals surface area contributed by atoms with Crippen LogP contribution in [0.2, 0.25) is 0 Å². The molecular weight excluding hydrogens is 274 g/mol. The van der Waals surface area contributed by atoms with Crippen molar-refractivity contribution in [2.75, 3.05) is 6.26 Å². The molecule has 5 nitrogen and oxygen atoms in total. The van der Waals surface area contributed by atoms with Gasteiger partial charge in [-0.15, -0.1) is 0 Å². The Balaban J connectivity index is 1.89. The molecule has 20 heavy (non-hydrogen) atoms. The number of benzene rings is 1. The first-order valence-electron chi connectivity index (χ1n) is 6.50. The number of aryl methyl sites for hydroxylation is 1. The predicted molar refractivity (Wildman–Crippen MR) is 77.7 cm³/mol. The first-order chi connectivity index (χ1) is 9.38. The molecule has 0 amide bonds. The molecular formula is C14H17N3O2S. The van der Waals surface area contributed by atoms with Crippen LogP contribution in [-0.2, 0) is 15.6 Å². The lowest BCUT2D eigenvalue weighted by atomic mass is 10.1. The molecule has 1 saturated carbocycles. The van der Waals surface area contributed by atoms with E-state index in [0.717, 1.165) is 29.8 Å². The number of hydrogen-bond acceptors (Lipinski definition) is 3. The van der Waals surface area contributed by atoms with Crippen LogP contribution in [0.25, 0.3) is 11.3 Å². The van der Waals surface area contributed by atoms with Crippen LogP contribution < -0.4 is 4.72 Å². The Bertz CT molecular complexity index is 728. The Morgan fingerprint density at radius 1 is 1.25 bits per heavy atom. The average Bonchev–Trinajstić information content (AvgIpc) is 2.95. The van der Waals surface area contributed by atoms with Crippen LogP contribution in [0.15, 0.2) is 30.3 Å². The zero-order chi connectivity index (χ0) is 14.4. The van der Waals surface area contributed by atoms with Crippen molar-refractivity contribution in [1.82, 2.24) is 14.9 Å². The number of nitrogens with one attached hydrogen (secondary N) is 2. The predicted octanol–water partition coefficient (Wildman–Crippen LogP) is 1.92. The van der Waals surface area contributed by atoms with Crippen molar-refractivity contribution in [3.05, 3.63) is 41.6 Å². The van der Waals surface area contributed by atoms with Crippen LogP contribution in [-0.4, -0.2) is 24.9 Å². The zero-order valence-corrected chi connectivity index (χ0v) is 12.3. The summed E-state index contributed by atoms with van der Waals surface area (Å²) in [6, 6.07) is 10.0. The monoisotopic (exact) mass is 291 g/mol. The van der Waals surface area contributed by atoms with E-state index in [0.29, 0.717) is 0 Å². The summed E-state index contributed by atoms with van der Waals surface area (Å²) in [5.41, 5.74) is 3.40. The molecule has 1 aliphatic carbocycles. The molecule has 1 aromatic heterocycles. The number of nitrogens with zero attached hydrogens (tertiary/aromatic N) is 1. The molecule has 106 valence electrons. The van der Waals surface area contributed by atoms with Gasteiger partial charge in [-0.05, 0) is 25.8 Å². The van der Waals surface area contributed by atoms with Gasteiger partial charge in [-0.3, -0.25) is 5.10 Å². The van der Waals surface area contributed by atoms with Gasteiger partial charge in [0.1, 0.15) is 0 Å². The molecule has 3 rings (SSSR count). The second kappa shape index (κ2) is 4.43. The Kier molecular flexibility index (Phi) is 2.95. The summed E-state index contributed by atoms with van der Waals surface area (Å²) in [7, 11) is -3.23. The van der Waals surface area contributed by atoms with E-state index in [1.807, 2.05) is 37.3 Å². The van der Waals surface area contributed by atoms with Gasteiger partial charge >= 0.3 is 0 Å². The number of hydrogen-bond donors (Lipinski definition) is 2. The number of sulfonamides is 1. The van der Waals surface area contributed by atoms with Gasteiger partial charge in [-0.2, -0.15) is 5.10 Å². The van der Waals surface area contributed by atoms with Gasteiger partial charge in [-0.1, -0.05) is 29.8 Å². The highest BCUT2D eigenvalue weighted by molar-refractivity contribution is 7.88. The van der Waals surface area contributed by atoms with Gasteiger partial charge in [0, 0.05) is 5.56 Å². The molecule has 6 heteroatoms. The van der Waals surface area contributed by atoms with Gasteiger partial charge in [0.05, 0.1) is 23.2 Å². The fourth-order valence-corrected chi connectivity index (χ4v) is 3.37. The second-order valence-electron chi connectivity index (χ2n) is 5.49. The Morgan fingerprint density at radius 3 is 2.45 bits per heavy atom. The Labute approximate surface area is 118 Å². The summed E-state index contributed by atoms with van der Waals surface area (Å²) < 4.78 is 25.6. The maximum Gasteiger partial charge on any atom is 0.209 e. The number of rotatable bonds is 4. The van der Waals surface area contributed by atoms with Crippen molar-refractivity contribution < 1.29 is 8.42 Å². The Morgan fingerprint density at radius 2 is 1.90 bits per heavy atom. The molecule has 2 N–H and O–H groups in total. The molecule has 0 spiro atoms. The van der Waals surface area contributed by atoms with E-state index in [9.17, 15) is 8.42 Å². The average molecular weight is 291 g/mol. The van der Waals surface area contributed by atoms with Crippen LogP contribution in [0.5, 0.6) is 0 Å². The van der Waals surface area contributed by atoms with E-state index in [2.05, 4.69) is 14.9 Å². The fourth-order valence-electron chi connectivity index (χ4n) is 2.35. The molecule has 0 radical (unpaired) electrons. The zero-order valence-electron chi connectivity index (χ0n) is 11.5. The van der Waals surface area contributed by atoms with Crippen molar-refractivity contribution in [2.24, 2.45) is 0 Å². The van der Waals surface area contributed by atoms with Crippen molar-refractivity contribution in [2.45, 2.75) is 25.3 Å². The number of aromatic nitrogens is 2. The molecule has 0 aliphatic heterocycles. The molecule has 1 heterocycles. The third-order valence-corrected chi connectivity index (χ3v) is 4.33. The minimum atomic E-state index is -3.23. The van der Waals surface area contributed by atoms with E-state index in [-0.39, 0.29) is 0 Å². The molecule has 2 aromatic rings. The molecule has 0 saturated heterocycles. The van der Waals surface area contributed by atoms with E-state index in [1.54, 1.807) is 0 Å². The quantitative estimate of drug-likeness (QED) is 0.903. The minimum absolute atomic E-state index is 0.483. The van der Waals surface area contributed by atoms with Gasteiger partial charge < -0.3 is 0 Å². The number of H-pyrrole nitrogens is 1. The van der Waals surface area contributed by atoms with Crippen LogP contribution >= 0.6 is 0 Å². The van der Waals surface area contributed by atoms with Crippen LogP contribution in [0.4, 0.5) is 0 Å². The smallest absolute Gasteiger partial charge is 0.209 e. The summed E-state index contributed by atoms with van der Waals surface area (Å²) in [4.78, 5) is 0. The number of aromatic amines is 1. The van der Waals surface area contributed by atoms with Crippen molar-refractivity contribution in [3.8, 4) is 11.3 Å². The SMILES string of the molecule is Cc1ccc(-c2cc(C3(NS(C)(=O)=O)CC3)[nH]n2)cc1. The van der Waals surface area contributed by atoms with Crippen LogP contribution in [0, 0.1) is 6.92 Å². The maximum atomic E-state index is 11.4.